The van der Waals surface area contributed by atoms with Crippen molar-refractivity contribution >= 4 is 39.0 Å². The lowest BCUT2D eigenvalue weighted by Gasteiger charge is -2.07. The van der Waals surface area contributed by atoms with E-state index in [0.29, 0.717) is 28.1 Å². The Balaban J connectivity index is 1.96. The van der Waals surface area contributed by atoms with Gasteiger partial charge in [0.1, 0.15) is 22.1 Å². The quantitative estimate of drug-likeness (QED) is 0.453. The van der Waals surface area contributed by atoms with Gasteiger partial charge in [-0.2, -0.15) is 0 Å². The van der Waals surface area contributed by atoms with E-state index in [9.17, 15) is 0 Å². The first-order chi connectivity index (χ1) is 13.1. The summed E-state index contributed by atoms with van der Waals surface area (Å²) in [6.45, 7) is 4.45. The third-order valence-corrected chi connectivity index (χ3v) is 4.87. The van der Waals surface area contributed by atoms with Crippen molar-refractivity contribution in [3.05, 3.63) is 63.9 Å². The second-order valence-corrected chi connectivity index (χ2v) is 7.41. The molecule has 5 nitrogen and oxygen atoms in total. The Hall–Kier alpha value is -2.70. The number of nitrogens with zero attached hydrogens (tertiary/aromatic N) is 3. The Labute approximate surface area is 164 Å². The fraction of sp³-hybridized carbons (Fsp3) is 0.150. The van der Waals surface area contributed by atoms with Crippen molar-refractivity contribution in [1.82, 2.24) is 10.2 Å². The van der Waals surface area contributed by atoms with E-state index in [4.69, 9.17) is 25.7 Å². The molecule has 0 amide bonds. The van der Waals surface area contributed by atoms with Crippen LogP contribution in [0.15, 0.2) is 57.9 Å². The molecule has 136 valence electrons. The summed E-state index contributed by atoms with van der Waals surface area (Å²) in [5.41, 5.74) is 1.63. The van der Waals surface area contributed by atoms with Gasteiger partial charge in [0.2, 0.25) is 5.13 Å². The second kappa shape index (κ2) is 7.50. The normalized spacial score (nSPS) is 11.9. The minimum atomic E-state index is 0.591. The molecule has 0 bridgehead atoms. The Morgan fingerprint density at radius 2 is 1.93 bits per heavy atom. The van der Waals surface area contributed by atoms with Crippen LogP contribution in [0.2, 0.25) is 5.02 Å². The highest BCUT2D eigenvalue weighted by Gasteiger charge is 2.09. The van der Waals surface area contributed by atoms with Gasteiger partial charge in [-0.25, -0.2) is 4.99 Å². The lowest BCUT2D eigenvalue weighted by atomic mass is 10.1. The van der Waals surface area contributed by atoms with Gasteiger partial charge in [-0.15, -0.1) is 10.2 Å². The second-order valence-electron chi connectivity index (χ2n) is 5.81. The Morgan fingerprint density at radius 3 is 2.63 bits per heavy atom. The van der Waals surface area contributed by atoms with E-state index in [1.54, 1.807) is 0 Å². The first-order valence-electron chi connectivity index (χ1n) is 8.44. The molecule has 7 heteroatoms. The molecule has 0 saturated heterocycles. The van der Waals surface area contributed by atoms with E-state index in [-0.39, 0.29) is 0 Å². The van der Waals surface area contributed by atoms with Crippen LogP contribution in [0.4, 0.5) is 5.13 Å². The van der Waals surface area contributed by atoms with Gasteiger partial charge in [0, 0.05) is 22.0 Å². The van der Waals surface area contributed by atoms with Crippen LogP contribution in [0, 0.1) is 6.92 Å². The minimum Gasteiger partial charge on any atom is -0.494 e. The average Bonchev–Trinajstić information content (AvgIpc) is 3.07. The van der Waals surface area contributed by atoms with Gasteiger partial charge in [-0.3, -0.25) is 0 Å². The van der Waals surface area contributed by atoms with Crippen molar-refractivity contribution in [3.63, 3.8) is 0 Å². The largest absolute Gasteiger partial charge is 0.494 e. The van der Waals surface area contributed by atoms with E-state index in [1.165, 1.54) is 11.3 Å². The number of aromatic nitrogens is 2. The van der Waals surface area contributed by atoms with Crippen molar-refractivity contribution in [2.24, 2.45) is 4.99 Å². The van der Waals surface area contributed by atoms with Gasteiger partial charge >= 0.3 is 0 Å². The van der Waals surface area contributed by atoms with E-state index >= 15 is 0 Å². The molecular weight excluding hydrogens is 382 g/mol. The summed E-state index contributed by atoms with van der Waals surface area (Å²) in [4.78, 5) is 4.70. The van der Waals surface area contributed by atoms with Gasteiger partial charge in [0.15, 0.2) is 0 Å². The summed E-state index contributed by atoms with van der Waals surface area (Å²) in [5.74, 6) is 1.47. The van der Waals surface area contributed by atoms with Crippen LogP contribution >= 0.6 is 22.9 Å². The highest BCUT2D eigenvalue weighted by Crippen LogP contribution is 2.26. The third kappa shape index (κ3) is 3.86. The fourth-order valence-electron chi connectivity index (χ4n) is 2.69. The summed E-state index contributed by atoms with van der Waals surface area (Å²) in [6, 6.07) is 15.1. The van der Waals surface area contributed by atoms with Crippen LogP contribution < -0.4 is 10.1 Å². The molecule has 4 aromatic rings. The summed E-state index contributed by atoms with van der Waals surface area (Å²) < 4.78 is 11.7. The summed E-state index contributed by atoms with van der Waals surface area (Å²) in [5, 5.41) is 11.9. The average molecular weight is 398 g/mol. The van der Waals surface area contributed by atoms with Gasteiger partial charge in [-0.05, 0) is 56.3 Å². The highest BCUT2D eigenvalue weighted by molar-refractivity contribution is 7.14. The van der Waals surface area contributed by atoms with Crippen LogP contribution in [-0.2, 0) is 0 Å². The molecule has 2 aromatic heterocycles. The van der Waals surface area contributed by atoms with Gasteiger partial charge < -0.3 is 9.15 Å². The van der Waals surface area contributed by atoms with Crippen molar-refractivity contribution in [2.75, 3.05) is 6.61 Å². The van der Waals surface area contributed by atoms with Crippen LogP contribution in [-0.4, -0.2) is 16.8 Å². The van der Waals surface area contributed by atoms with Crippen LogP contribution in [0.3, 0.4) is 0 Å². The maximum atomic E-state index is 6.11. The number of hydrogen-bond donors (Lipinski definition) is 0. The number of fused-ring (bicyclic) bond motifs is 1. The minimum absolute atomic E-state index is 0.591. The molecule has 0 fully saturated rings. The molecule has 0 atom stereocenters. The van der Waals surface area contributed by atoms with Gasteiger partial charge in [0.25, 0.3) is 0 Å². The highest BCUT2D eigenvalue weighted by atomic mass is 35.5. The lowest BCUT2D eigenvalue weighted by molar-refractivity contribution is 0.340. The first kappa shape index (κ1) is 17.7. The monoisotopic (exact) mass is 397 g/mol. The van der Waals surface area contributed by atoms with Gasteiger partial charge in [0.05, 0.1) is 12.0 Å². The number of halogens is 1. The number of rotatable bonds is 4. The molecule has 2 aromatic carbocycles. The SMILES string of the molecule is CCOc1ccc2oc(-c3ccc(Cl)cc3)c/c(=N\c3nnc(C)s3)c2c1. The van der Waals surface area contributed by atoms with Crippen molar-refractivity contribution in [1.29, 1.82) is 0 Å². The Morgan fingerprint density at radius 1 is 1.11 bits per heavy atom. The van der Waals surface area contributed by atoms with Crippen molar-refractivity contribution in [2.45, 2.75) is 13.8 Å². The fourth-order valence-corrected chi connectivity index (χ4v) is 3.39. The van der Waals surface area contributed by atoms with E-state index in [1.807, 2.05) is 62.4 Å². The zero-order chi connectivity index (χ0) is 18.8. The van der Waals surface area contributed by atoms with Crippen molar-refractivity contribution in [3.8, 4) is 17.1 Å². The smallest absolute Gasteiger partial charge is 0.232 e. The summed E-state index contributed by atoms with van der Waals surface area (Å²) in [7, 11) is 0. The van der Waals surface area contributed by atoms with E-state index in [2.05, 4.69) is 10.2 Å². The molecule has 0 radical (unpaired) electrons. The van der Waals surface area contributed by atoms with Crippen LogP contribution in [0.25, 0.3) is 22.3 Å². The molecule has 0 aliphatic heterocycles. The number of benzene rings is 2. The predicted octanol–water partition coefficient (Wildman–Crippen LogP) is 5.54. The molecule has 0 saturated carbocycles. The molecule has 0 unspecified atom stereocenters. The van der Waals surface area contributed by atoms with E-state index < -0.39 is 0 Å². The zero-order valence-electron chi connectivity index (χ0n) is 14.8. The van der Waals surface area contributed by atoms with Crippen LogP contribution in [0.5, 0.6) is 5.75 Å². The number of ether oxygens (including phenoxy) is 1. The van der Waals surface area contributed by atoms with Gasteiger partial charge in [-0.1, -0.05) is 22.9 Å². The standard InChI is InChI=1S/C20H16ClN3O2S/c1-3-25-15-8-9-18-16(10-15)17(22-20-24-23-12(2)27-20)11-19(26-18)13-4-6-14(21)7-5-13/h4-11H,3H2,1-2H3/b22-17+. The first-order valence-corrected chi connectivity index (χ1v) is 9.63. The van der Waals surface area contributed by atoms with E-state index in [0.717, 1.165) is 27.1 Å². The number of aryl methyl sites for hydroxylation is 1. The molecular formula is C20H16ClN3O2S. The molecule has 0 N–H and O–H groups in total. The summed E-state index contributed by atoms with van der Waals surface area (Å²) in [6.07, 6.45) is 0. The Kier molecular flexibility index (Phi) is 4.92. The molecule has 0 aliphatic carbocycles. The molecule has 0 aliphatic rings. The maximum Gasteiger partial charge on any atom is 0.232 e. The third-order valence-electron chi connectivity index (χ3n) is 3.89. The Bertz CT molecular complexity index is 1170. The van der Waals surface area contributed by atoms with Crippen LogP contribution in [0.1, 0.15) is 11.9 Å². The lowest BCUT2D eigenvalue weighted by Crippen LogP contribution is -2.04. The summed E-state index contributed by atoms with van der Waals surface area (Å²) >= 11 is 7.45. The molecule has 4 rings (SSSR count). The van der Waals surface area contributed by atoms with Crippen molar-refractivity contribution < 1.29 is 9.15 Å². The molecule has 2 heterocycles. The molecule has 27 heavy (non-hydrogen) atoms. The maximum absolute atomic E-state index is 6.11. The topological polar surface area (TPSA) is 60.5 Å². The number of hydrogen-bond acceptors (Lipinski definition) is 6. The molecule has 0 spiro atoms. The zero-order valence-corrected chi connectivity index (χ0v) is 16.3. The predicted molar refractivity (Wildman–Crippen MR) is 108 cm³/mol.